The van der Waals surface area contributed by atoms with Crippen molar-refractivity contribution in [1.29, 1.82) is 0 Å². The first-order valence-electron chi connectivity index (χ1n) is 6.32. The van der Waals surface area contributed by atoms with Gasteiger partial charge in [0.25, 0.3) is 0 Å². The van der Waals surface area contributed by atoms with Crippen LogP contribution in [-0.2, 0) is 0 Å². The maximum atomic E-state index is 4.48. The molecule has 0 N–H and O–H groups in total. The van der Waals surface area contributed by atoms with Crippen LogP contribution in [0.3, 0.4) is 0 Å². The fraction of sp³-hybridized carbons (Fsp3) is 0.118. The van der Waals surface area contributed by atoms with Gasteiger partial charge in [0.15, 0.2) is 0 Å². The van der Waals surface area contributed by atoms with E-state index in [-0.39, 0.29) is 0 Å². The SMILES string of the molecule is Cc1ccc(/C=C\c2ccc3ccsc3c2)c(C)n1. The van der Waals surface area contributed by atoms with Crippen molar-refractivity contribution >= 4 is 33.6 Å². The molecule has 0 unspecified atom stereocenters. The second-order valence-electron chi connectivity index (χ2n) is 4.68. The fourth-order valence-electron chi connectivity index (χ4n) is 2.13. The minimum absolute atomic E-state index is 1.06. The van der Waals surface area contributed by atoms with Crippen LogP contribution in [0, 0.1) is 13.8 Å². The van der Waals surface area contributed by atoms with E-state index >= 15 is 0 Å². The number of thiophene rings is 1. The summed E-state index contributed by atoms with van der Waals surface area (Å²) in [5, 5.41) is 3.45. The summed E-state index contributed by atoms with van der Waals surface area (Å²) in [5.74, 6) is 0. The van der Waals surface area contributed by atoms with Crippen LogP contribution < -0.4 is 0 Å². The molecule has 0 saturated carbocycles. The Hall–Kier alpha value is -1.93. The van der Waals surface area contributed by atoms with E-state index in [1.165, 1.54) is 21.2 Å². The van der Waals surface area contributed by atoms with Gasteiger partial charge in [-0.1, -0.05) is 30.4 Å². The Morgan fingerprint density at radius 3 is 2.74 bits per heavy atom. The molecule has 2 heterocycles. The number of nitrogens with zero attached hydrogens (tertiary/aromatic N) is 1. The molecule has 0 bridgehead atoms. The molecule has 1 nitrogen and oxygen atoms in total. The molecule has 94 valence electrons. The van der Waals surface area contributed by atoms with Gasteiger partial charge in [-0.2, -0.15) is 0 Å². The van der Waals surface area contributed by atoms with Crippen molar-refractivity contribution in [2.24, 2.45) is 0 Å². The molecule has 0 amide bonds. The van der Waals surface area contributed by atoms with E-state index in [4.69, 9.17) is 0 Å². The first-order valence-corrected chi connectivity index (χ1v) is 7.20. The molecule has 0 aliphatic heterocycles. The van der Waals surface area contributed by atoms with Crippen molar-refractivity contribution in [3.8, 4) is 0 Å². The maximum Gasteiger partial charge on any atom is 0.0448 e. The molecule has 0 aliphatic rings. The molecule has 0 atom stereocenters. The van der Waals surface area contributed by atoms with Crippen LogP contribution in [0.1, 0.15) is 22.5 Å². The summed E-state index contributed by atoms with van der Waals surface area (Å²) in [6, 6.07) is 12.9. The smallest absolute Gasteiger partial charge is 0.0448 e. The van der Waals surface area contributed by atoms with Crippen LogP contribution >= 0.6 is 11.3 Å². The molecule has 0 aliphatic carbocycles. The van der Waals surface area contributed by atoms with E-state index in [1.807, 2.05) is 6.92 Å². The van der Waals surface area contributed by atoms with Crippen LogP contribution in [0.4, 0.5) is 0 Å². The Balaban J connectivity index is 1.92. The van der Waals surface area contributed by atoms with Gasteiger partial charge in [-0.15, -0.1) is 11.3 Å². The highest BCUT2D eigenvalue weighted by Crippen LogP contribution is 2.23. The van der Waals surface area contributed by atoms with Gasteiger partial charge in [0.1, 0.15) is 0 Å². The third-order valence-corrected chi connectivity index (χ3v) is 4.08. The number of pyridine rings is 1. The lowest BCUT2D eigenvalue weighted by Gasteiger charge is -2.01. The summed E-state index contributed by atoms with van der Waals surface area (Å²) >= 11 is 1.78. The van der Waals surface area contributed by atoms with Gasteiger partial charge in [0.2, 0.25) is 0 Å². The van der Waals surface area contributed by atoms with Crippen LogP contribution in [-0.4, -0.2) is 4.98 Å². The summed E-state index contributed by atoms with van der Waals surface area (Å²) in [7, 11) is 0. The molecule has 2 aromatic heterocycles. The molecule has 0 spiro atoms. The van der Waals surface area contributed by atoms with Crippen molar-refractivity contribution < 1.29 is 0 Å². The molecular weight excluding hydrogens is 250 g/mol. The number of fused-ring (bicyclic) bond motifs is 1. The first kappa shape index (κ1) is 12.1. The Kier molecular flexibility index (Phi) is 3.18. The molecule has 0 saturated heterocycles. The van der Waals surface area contributed by atoms with Gasteiger partial charge in [0, 0.05) is 16.1 Å². The minimum atomic E-state index is 1.06. The number of aromatic nitrogens is 1. The van der Waals surface area contributed by atoms with E-state index in [0.717, 1.165) is 11.4 Å². The quantitative estimate of drug-likeness (QED) is 0.629. The van der Waals surface area contributed by atoms with Gasteiger partial charge in [-0.25, -0.2) is 0 Å². The number of aryl methyl sites for hydroxylation is 2. The normalized spacial score (nSPS) is 11.5. The molecule has 0 fully saturated rings. The molecule has 3 rings (SSSR count). The predicted molar refractivity (Wildman–Crippen MR) is 84.5 cm³/mol. The average Bonchev–Trinajstić information content (AvgIpc) is 2.85. The molecule has 19 heavy (non-hydrogen) atoms. The van der Waals surface area contributed by atoms with Gasteiger partial charge in [-0.3, -0.25) is 4.98 Å². The van der Waals surface area contributed by atoms with E-state index in [1.54, 1.807) is 11.3 Å². The summed E-state index contributed by atoms with van der Waals surface area (Å²) in [4.78, 5) is 4.48. The number of benzene rings is 1. The van der Waals surface area contributed by atoms with Crippen molar-refractivity contribution in [3.63, 3.8) is 0 Å². The van der Waals surface area contributed by atoms with Gasteiger partial charge in [-0.05, 0) is 53.9 Å². The molecule has 2 heteroatoms. The van der Waals surface area contributed by atoms with Crippen molar-refractivity contribution in [2.75, 3.05) is 0 Å². The van der Waals surface area contributed by atoms with E-state index in [9.17, 15) is 0 Å². The minimum Gasteiger partial charge on any atom is -0.258 e. The zero-order valence-electron chi connectivity index (χ0n) is 11.1. The molecule has 0 radical (unpaired) electrons. The van der Waals surface area contributed by atoms with Crippen LogP contribution in [0.5, 0.6) is 0 Å². The highest BCUT2D eigenvalue weighted by Gasteiger charge is 1.97. The largest absolute Gasteiger partial charge is 0.258 e. The molecule has 1 aromatic carbocycles. The summed E-state index contributed by atoms with van der Waals surface area (Å²) in [5.41, 5.74) is 4.55. The van der Waals surface area contributed by atoms with E-state index in [0.29, 0.717) is 0 Å². The van der Waals surface area contributed by atoms with Crippen molar-refractivity contribution in [3.05, 3.63) is 64.3 Å². The fourth-order valence-corrected chi connectivity index (χ4v) is 2.97. The highest BCUT2D eigenvalue weighted by atomic mass is 32.1. The first-order chi connectivity index (χ1) is 9.22. The molecule has 3 aromatic rings. The van der Waals surface area contributed by atoms with Gasteiger partial charge in [0.05, 0.1) is 0 Å². The summed E-state index contributed by atoms with van der Waals surface area (Å²) < 4.78 is 1.33. The third kappa shape index (κ3) is 2.59. The number of rotatable bonds is 2. The zero-order chi connectivity index (χ0) is 13.2. The number of hydrogen-bond acceptors (Lipinski definition) is 2. The Labute approximate surface area is 117 Å². The number of hydrogen-bond donors (Lipinski definition) is 0. The Bertz CT molecular complexity index is 753. The summed E-state index contributed by atoms with van der Waals surface area (Å²) in [6.45, 7) is 4.07. The zero-order valence-corrected chi connectivity index (χ0v) is 11.9. The standard InChI is InChI=1S/C17H15NS/c1-12-3-6-15(13(2)18-12)7-4-14-5-8-16-9-10-19-17(16)11-14/h3-11H,1-2H3/b7-4-. The van der Waals surface area contributed by atoms with Crippen molar-refractivity contribution in [2.45, 2.75) is 13.8 Å². The van der Waals surface area contributed by atoms with Crippen LogP contribution in [0.25, 0.3) is 22.2 Å². The van der Waals surface area contributed by atoms with Crippen LogP contribution in [0.2, 0.25) is 0 Å². The highest BCUT2D eigenvalue weighted by molar-refractivity contribution is 7.17. The lowest BCUT2D eigenvalue weighted by atomic mass is 10.1. The second-order valence-corrected chi connectivity index (χ2v) is 5.63. The Morgan fingerprint density at radius 1 is 1.00 bits per heavy atom. The predicted octanol–water partition coefficient (Wildman–Crippen LogP) is 5.08. The van der Waals surface area contributed by atoms with Gasteiger partial charge >= 0.3 is 0 Å². The Morgan fingerprint density at radius 2 is 1.89 bits per heavy atom. The lowest BCUT2D eigenvalue weighted by Crippen LogP contribution is -1.88. The van der Waals surface area contributed by atoms with E-state index in [2.05, 4.69) is 65.8 Å². The second kappa shape index (κ2) is 4.98. The van der Waals surface area contributed by atoms with Gasteiger partial charge < -0.3 is 0 Å². The monoisotopic (exact) mass is 265 g/mol. The van der Waals surface area contributed by atoms with Crippen molar-refractivity contribution in [1.82, 2.24) is 4.98 Å². The van der Waals surface area contributed by atoms with E-state index < -0.39 is 0 Å². The summed E-state index contributed by atoms with van der Waals surface area (Å²) in [6.07, 6.45) is 4.29. The average molecular weight is 265 g/mol. The lowest BCUT2D eigenvalue weighted by molar-refractivity contribution is 1.11. The van der Waals surface area contributed by atoms with Crippen LogP contribution in [0.15, 0.2) is 41.8 Å². The molecular formula is C17H15NS. The maximum absolute atomic E-state index is 4.48. The third-order valence-electron chi connectivity index (χ3n) is 3.20. The topological polar surface area (TPSA) is 12.9 Å².